The Hall–Kier alpha value is -2.03. The zero-order valence-corrected chi connectivity index (χ0v) is 13.4. The first-order chi connectivity index (χ1) is 11.2. The maximum atomic E-state index is 12.5. The molecule has 3 rings (SSSR count). The molecule has 0 radical (unpaired) electrons. The van der Waals surface area contributed by atoms with Crippen LogP contribution in [0.3, 0.4) is 0 Å². The molecule has 0 bridgehead atoms. The average molecular weight is 335 g/mol. The number of nitrogens with one attached hydrogen (secondary N) is 2. The Morgan fingerprint density at radius 1 is 1.26 bits per heavy atom. The lowest BCUT2D eigenvalue weighted by Gasteiger charge is -2.25. The van der Waals surface area contributed by atoms with Crippen molar-refractivity contribution < 1.29 is 18.1 Å². The number of aromatic amines is 1. The predicted octanol–water partition coefficient (Wildman–Crippen LogP) is 0.529. The first-order valence-electron chi connectivity index (χ1n) is 7.39. The van der Waals surface area contributed by atoms with Crippen molar-refractivity contribution in [2.45, 2.75) is 11.4 Å². The molecule has 3 heterocycles. The molecule has 1 aliphatic rings. The summed E-state index contributed by atoms with van der Waals surface area (Å²) in [5.41, 5.74) is 1.05. The molecule has 2 aromatic rings. The molecule has 122 valence electrons. The van der Waals surface area contributed by atoms with E-state index in [1.54, 1.807) is 24.5 Å². The van der Waals surface area contributed by atoms with Crippen LogP contribution in [0.25, 0.3) is 0 Å². The van der Waals surface area contributed by atoms with Crippen LogP contribution in [-0.2, 0) is 21.3 Å². The van der Waals surface area contributed by atoms with Crippen molar-refractivity contribution in [3.8, 4) is 0 Å². The third-order valence-electron chi connectivity index (χ3n) is 3.60. The Labute approximate surface area is 135 Å². The topological polar surface area (TPSA) is 85.7 Å². The second-order valence-corrected chi connectivity index (χ2v) is 7.11. The molecule has 0 spiro atoms. The van der Waals surface area contributed by atoms with E-state index in [-0.39, 0.29) is 4.90 Å². The maximum absolute atomic E-state index is 12.5. The number of anilines is 1. The van der Waals surface area contributed by atoms with Crippen LogP contribution in [0.15, 0.2) is 47.8 Å². The van der Waals surface area contributed by atoms with Gasteiger partial charge in [-0.15, -0.1) is 0 Å². The van der Waals surface area contributed by atoms with Crippen LogP contribution in [0.2, 0.25) is 0 Å². The molecule has 0 aliphatic carbocycles. The van der Waals surface area contributed by atoms with Gasteiger partial charge in [0, 0.05) is 37.1 Å². The van der Waals surface area contributed by atoms with Gasteiger partial charge in [0.2, 0.25) is 10.0 Å². The smallest absolute Gasteiger partial charge is 0.272 e. The van der Waals surface area contributed by atoms with Crippen molar-refractivity contribution in [2.24, 2.45) is 0 Å². The van der Waals surface area contributed by atoms with Gasteiger partial charge in [0.1, 0.15) is 17.6 Å². The molecule has 2 aromatic heterocycles. The summed E-state index contributed by atoms with van der Waals surface area (Å²) < 4.78 is 31.6. The highest BCUT2D eigenvalue weighted by Crippen LogP contribution is 2.16. The van der Waals surface area contributed by atoms with E-state index in [1.807, 2.05) is 12.1 Å². The second-order valence-electron chi connectivity index (χ2n) is 5.17. The van der Waals surface area contributed by atoms with E-state index >= 15 is 0 Å². The van der Waals surface area contributed by atoms with Crippen molar-refractivity contribution in [3.05, 3.63) is 48.4 Å². The van der Waals surface area contributed by atoms with Crippen molar-refractivity contribution in [3.63, 3.8) is 0 Å². The molecule has 7 nitrogen and oxygen atoms in total. The minimum atomic E-state index is -3.46. The van der Waals surface area contributed by atoms with E-state index in [4.69, 9.17) is 4.74 Å². The fourth-order valence-electron chi connectivity index (χ4n) is 2.32. The van der Waals surface area contributed by atoms with Gasteiger partial charge in [-0.05, 0) is 12.1 Å². The summed E-state index contributed by atoms with van der Waals surface area (Å²) in [6.45, 7) is 2.27. The van der Waals surface area contributed by atoms with Crippen LogP contribution >= 0.6 is 0 Å². The molecule has 0 saturated carbocycles. The second kappa shape index (κ2) is 7.03. The Morgan fingerprint density at radius 3 is 2.74 bits per heavy atom. The lowest BCUT2D eigenvalue weighted by atomic mass is 10.3. The maximum Gasteiger partial charge on any atom is 0.272 e. The van der Waals surface area contributed by atoms with Crippen LogP contribution in [0.4, 0.5) is 5.82 Å². The van der Waals surface area contributed by atoms with Gasteiger partial charge in [-0.3, -0.25) is 10.3 Å². The van der Waals surface area contributed by atoms with E-state index in [9.17, 15) is 8.42 Å². The quantitative estimate of drug-likeness (QED) is 0.861. The molecular weight excluding hydrogens is 316 g/mol. The number of hydrogen-bond acceptors (Lipinski definition) is 5. The molecule has 1 fully saturated rings. The van der Waals surface area contributed by atoms with Gasteiger partial charge in [-0.25, -0.2) is 13.4 Å². The number of ether oxygens (including phenoxy) is 1. The fourth-order valence-corrected chi connectivity index (χ4v) is 3.69. The third kappa shape index (κ3) is 3.84. The first kappa shape index (κ1) is 15.9. The number of morpholine rings is 1. The Kier molecular flexibility index (Phi) is 4.85. The van der Waals surface area contributed by atoms with Crippen molar-refractivity contribution >= 4 is 15.8 Å². The molecule has 2 N–H and O–H groups in total. The van der Waals surface area contributed by atoms with Gasteiger partial charge in [0.15, 0.2) is 0 Å². The number of H-pyrrole nitrogens is 1. The van der Waals surface area contributed by atoms with Gasteiger partial charge in [-0.2, -0.15) is 4.31 Å². The average Bonchev–Trinajstić information content (AvgIpc) is 2.62. The van der Waals surface area contributed by atoms with Crippen LogP contribution in [-0.4, -0.2) is 44.0 Å². The Bertz CT molecular complexity index is 729. The van der Waals surface area contributed by atoms with Gasteiger partial charge in [0.05, 0.1) is 13.2 Å². The highest BCUT2D eigenvalue weighted by molar-refractivity contribution is 7.89. The number of aromatic nitrogens is 2. The number of rotatable bonds is 5. The van der Waals surface area contributed by atoms with E-state index in [1.165, 1.54) is 10.5 Å². The number of nitrogens with zero attached hydrogens (tertiary/aromatic N) is 2. The fraction of sp³-hybridized carbons (Fsp3) is 0.333. The number of pyridine rings is 2. The molecule has 1 saturated heterocycles. The van der Waals surface area contributed by atoms with E-state index in [2.05, 4.69) is 15.3 Å². The largest absolute Gasteiger partial charge is 0.379 e. The molecule has 0 atom stereocenters. The van der Waals surface area contributed by atoms with Gasteiger partial charge in [0.25, 0.3) is 5.82 Å². The van der Waals surface area contributed by atoms with Crippen molar-refractivity contribution in [1.82, 2.24) is 9.29 Å². The summed E-state index contributed by atoms with van der Waals surface area (Å²) in [6.07, 6.45) is 5.02. The van der Waals surface area contributed by atoms with Crippen molar-refractivity contribution in [2.75, 3.05) is 31.6 Å². The first-order valence-corrected chi connectivity index (χ1v) is 8.83. The molecule has 0 aromatic carbocycles. The predicted molar refractivity (Wildman–Crippen MR) is 84.1 cm³/mol. The lowest BCUT2D eigenvalue weighted by molar-refractivity contribution is -0.364. The summed E-state index contributed by atoms with van der Waals surface area (Å²) >= 11 is 0. The zero-order chi connectivity index (χ0) is 16.1. The van der Waals surface area contributed by atoms with Crippen molar-refractivity contribution in [1.29, 1.82) is 0 Å². The summed E-state index contributed by atoms with van der Waals surface area (Å²) in [7, 11) is -3.46. The monoisotopic (exact) mass is 335 g/mol. The van der Waals surface area contributed by atoms with Gasteiger partial charge >= 0.3 is 0 Å². The van der Waals surface area contributed by atoms with Gasteiger partial charge in [-0.1, -0.05) is 6.07 Å². The molecule has 23 heavy (non-hydrogen) atoms. The van der Waals surface area contributed by atoms with E-state index in [0.717, 1.165) is 11.4 Å². The normalized spacial score (nSPS) is 16.2. The Balaban J connectivity index is 1.66. The van der Waals surface area contributed by atoms with Crippen LogP contribution in [0.1, 0.15) is 5.56 Å². The number of sulfonamides is 1. The molecule has 8 heteroatoms. The van der Waals surface area contributed by atoms with Crippen LogP contribution in [0.5, 0.6) is 0 Å². The molecule has 1 aliphatic heterocycles. The van der Waals surface area contributed by atoms with E-state index < -0.39 is 10.0 Å². The van der Waals surface area contributed by atoms with E-state index in [0.29, 0.717) is 32.8 Å². The molecular formula is C15H19N4O3S+. The summed E-state index contributed by atoms with van der Waals surface area (Å²) in [4.78, 5) is 7.29. The third-order valence-corrected chi connectivity index (χ3v) is 5.49. The highest BCUT2D eigenvalue weighted by Gasteiger charge is 2.27. The summed E-state index contributed by atoms with van der Waals surface area (Å²) in [6, 6.07) is 7.17. The zero-order valence-electron chi connectivity index (χ0n) is 12.6. The van der Waals surface area contributed by atoms with Crippen LogP contribution in [0, 0.1) is 0 Å². The number of hydrogen-bond donors (Lipinski definition) is 1. The minimum Gasteiger partial charge on any atom is -0.379 e. The minimum absolute atomic E-state index is 0.256. The lowest BCUT2D eigenvalue weighted by Crippen LogP contribution is -2.40. The summed E-state index contributed by atoms with van der Waals surface area (Å²) in [5.74, 6) is 0.745. The standard InChI is InChI=1S/C15H18N4O3S/c20-23(21,19-6-8-22-9-7-19)14-3-4-15(18-12-14)17-11-13-2-1-5-16-10-13/h1-5,10,12H,6-9,11H2,(H,17,18)/p+1. The van der Waals surface area contributed by atoms with Gasteiger partial charge < -0.3 is 4.74 Å². The Morgan fingerprint density at radius 2 is 2.09 bits per heavy atom. The summed E-state index contributed by atoms with van der Waals surface area (Å²) in [5, 5.41) is 3.20. The van der Waals surface area contributed by atoms with Crippen LogP contribution < -0.4 is 10.3 Å². The molecule has 0 amide bonds. The molecule has 0 unspecified atom stereocenters. The highest BCUT2D eigenvalue weighted by atomic mass is 32.2. The SMILES string of the molecule is O=S(=O)(c1ccc(NCc2cccnc2)[nH+]c1)N1CCOCC1.